The van der Waals surface area contributed by atoms with Crippen molar-refractivity contribution in [1.82, 2.24) is 5.43 Å². The Bertz CT molecular complexity index is 852. The average molecular weight is 376 g/mol. The van der Waals surface area contributed by atoms with Crippen LogP contribution in [0.15, 0.2) is 41.5 Å². The van der Waals surface area contributed by atoms with E-state index in [1.807, 2.05) is 19.1 Å². The summed E-state index contributed by atoms with van der Waals surface area (Å²) < 4.78 is 5.25. The summed E-state index contributed by atoms with van der Waals surface area (Å²) in [5.74, 6) is -1.73. The molecule has 0 atom stereocenters. The normalized spacial score (nSPS) is 10.6. The fourth-order valence-electron chi connectivity index (χ4n) is 2.04. The molecule has 0 aliphatic carbocycles. The topological polar surface area (TPSA) is 100 Å². The minimum absolute atomic E-state index is 0.0843. The van der Waals surface area contributed by atoms with Crippen molar-refractivity contribution < 1.29 is 19.4 Å². The number of amides is 2. The minimum atomic E-state index is -0.917. The Morgan fingerprint density at radius 1 is 1.27 bits per heavy atom. The number of phenolic OH excluding ortho intramolecular Hbond substituents is 1. The smallest absolute Gasteiger partial charge is 0.329 e. The first-order valence-electron chi connectivity index (χ1n) is 7.77. The van der Waals surface area contributed by atoms with E-state index in [0.717, 1.165) is 5.56 Å². The van der Waals surface area contributed by atoms with Crippen LogP contribution in [0.5, 0.6) is 11.5 Å². The van der Waals surface area contributed by atoms with Gasteiger partial charge in [0.1, 0.15) is 0 Å². The molecule has 2 aromatic rings. The molecule has 0 fully saturated rings. The number of anilines is 1. The summed E-state index contributed by atoms with van der Waals surface area (Å²) in [5, 5.41) is 16.1. The SMILES string of the molecule is CCOc1cc(/C=N\NC(=O)C(=O)Nc2ccccc2C)cc(Cl)c1O. The molecule has 0 bridgehead atoms. The van der Waals surface area contributed by atoms with E-state index in [2.05, 4.69) is 15.8 Å². The lowest BCUT2D eigenvalue weighted by Crippen LogP contribution is -2.32. The number of nitrogens with zero attached hydrogens (tertiary/aromatic N) is 1. The summed E-state index contributed by atoms with van der Waals surface area (Å²) in [6.45, 7) is 3.93. The second-order valence-corrected chi connectivity index (χ2v) is 5.66. The number of para-hydroxylation sites is 1. The molecule has 7 nitrogen and oxygen atoms in total. The van der Waals surface area contributed by atoms with Gasteiger partial charge in [-0.3, -0.25) is 9.59 Å². The molecule has 0 saturated carbocycles. The number of hydrazone groups is 1. The number of nitrogens with one attached hydrogen (secondary N) is 2. The monoisotopic (exact) mass is 375 g/mol. The molecule has 8 heteroatoms. The highest BCUT2D eigenvalue weighted by Gasteiger charge is 2.14. The molecule has 26 heavy (non-hydrogen) atoms. The summed E-state index contributed by atoms with van der Waals surface area (Å²) in [6, 6.07) is 10.0. The fourth-order valence-corrected chi connectivity index (χ4v) is 2.26. The number of aryl methyl sites for hydroxylation is 1. The van der Waals surface area contributed by atoms with Crippen molar-refractivity contribution in [3.63, 3.8) is 0 Å². The summed E-state index contributed by atoms with van der Waals surface area (Å²) in [7, 11) is 0. The van der Waals surface area contributed by atoms with E-state index in [1.54, 1.807) is 19.1 Å². The zero-order chi connectivity index (χ0) is 19.1. The van der Waals surface area contributed by atoms with Crippen LogP contribution in [-0.4, -0.2) is 29.7 Å². The molecule has 2 aromatic carbocycles. The van der Waals surface area contributed by atoms with E-state index < -0.39 is 11.8 Å². The number of hydrogen-bond acceptors (Lipinski definition) is 5. The van der Waals surface area contributed by atoms with E-state index in [9.17, 15) is 14.7 Å². The van der Waals surface area contributed by atoms with Gasteiger partial charge in [0.25, 0.3) is 0 Å². The van der Waals surface area contributed by atoms with Gasteiger partial charge < -0.3 is 15.2 Å². The van der Waals surface area contributed by atoms with Gasteiger partial charge in [-0.1, -0.05) is 29.8 Å². The molecule has 0 heterocycles. The summed E-state index contributed by atoms with van der Waals surface area (Å²) >= 11 is 5.91. The van der Waals surface area contributed by atoms with Crippen molar-refractivity contribution in [2.75, 3.05) is 11.9 Å². The Balaban J connectivity index is 2.00. The van der Waals surface area contributed by atoms with E-state index in [-0.39, 0.29) is 16.5 Å². The minimum Gasteiger partial charge on any atom is -0.503 e. The van der Waals surface area contributed by atoms with Gasteiger partial charge in [-0.05, 0) is 43.2 Å². The quantitative estimate of drug-likeness (QED) is 0.425. The number of ether oxygens (including phenoxy) is 1. The highest BCUT2D eigenvalue weighted by molar-refractivity contribution is 6.39. The lowest BCUT2D eigenvalue weighted by molar-refractivity contribution is -0.136. The molecule has 0 aliphatic heterocycles. The van der Waals surface area contributed by atoms with Crippen LogP contribution < -0.4 is 15.5 Å². The van der Waals surface area contributed by atoms with Crippen LogP contribution in [0.4, 0.5) is 5.69 Å². The van der Waals surface area contributed by atoms with Crippen LogP contribution in [0.3, 0.4) is 0 Å². The number of carbonyl (C=O) groups is 2. The molecule has 2 rings (SSSR count). The Morgan fingerprint density at radius 2 is 2.00 bits per heavy atom. The number of benzene rings is 2. The first-order chi connectivity index (χ1) is 12.4. The molecule has 0 unspecified atom stereocenters. The van der Waals surface area contributed by atoms with Crippen LogP contribution in [0.1, 0.15) is 18.1 Å². The zero-order valence-corrected chi connectivity index (χ0v) is 15.0. The van der Waals surface area contributed by atoms with Gasteiger partial charge in [0.15, 0.2) is 11.5 Å². The van der Waals surface area contributed by atoms with Gasteiger partial charge in [-0.25, -0.2) is 5.43 Å². The molecule has 0 aliphatic rings. The number of halogens is 1. The van der Waals surface area contributed by atoms with Crippen LogP contribution in [0.2, 0.25) is 5.02 Å². The largest absolute Gasteiger partial charge is 0.503 e. The maximum Gasteiger partial charge on any atom is 0.329 e. The van der Waals surface area contributed by atoms with Crippen LogP contribution >= 0.6 is 11.6 Å². The third kappa shape index (κ3) is 4.97. The van der Waals surface area contributed by atoms with Crippen molar-refractivity contribution in [1.29, 1.82) is 0 Å². The number of aromatic hydroxyl groups is 1. The molecule has 0 aromatic heterocycles. The van der Waals surface area contributed by atoms with Crippen molar-refractivity contribution in [2.45, 2.75) is 13.8 Å². The van der Waals surface area contributed by atoms with Crippen LogP contribution in [0, 0.1) is 6.92 Å². The molecule has 136 valence electrons. The van der Waals surface area contributed by atoms with E-state index in [1.165, 1.54) is 18.3 Å². The fraction of sp³-hybridized carbons (Fsp3) is 0.167. The predicted octanol–water partition coefficient (Wildman–Crippen LogP) is 2.84. The van der Waals surface area contributed by atoms with Gasteiger partial charge in [-0.15, -0.1) is 0 Å². The van der Waals surface area contributed by atoms with Gasteiger partial charge in [0, 0.05) is 5.69 Å². The third-order valence-corrected chi connectivity index (χ3v) is 3.62. The second kappa shape index (κ2) is 8.87. The molecular weight excluding hydrogens is 358 g/mol. The molecule has 0 saturated heterocycles. The van der Waals surface area contributed by atoms with Gasteiger partial charge in [0.05, 0.1) is 17.8 Å². The maximum atomic E-state index is 11.9. The number of hydrogen-bond donors (Lipinski definition) is 3. The zero-order valence-electron chi connectivity index (χ0n) is 14.2. The van der Waals surface area contributed by atoms with Crippen molar-refractivity contribution in [3.05, 3.63) is 52.5 Å². The summed E-state index contributed by atoms with van der Waals surface area (Å²) in [6.07, 6.45) is 1.28. The van der Waals surface area contributed by atoms with Gasteiger partial charge in [-0.2, -0.15) is 5.10 Å². The van der Waals surface area contributed by atoms with Gasteiger partial charge >= 0.3 is 11.8 Å². The molecule has 0 radical (unpaired) electrons. The Kier molecular flexibility index (Phi) is 6.57. The van der Waals surface area contributed by atoms with E-state index >= 15 is 0 Å². The van der Waals surface area contributed by atoms with Gasteiger partial charge in [0.2, 0.25) is 0 Å². The third-order valence-electron chi connectivity index (χ3n) is 3.33. The first-order valence-corrected chi connectivity index (χ1v) is 8.15. The lowest BCUT2D eigenvalue weighted by Gasteiger charge is -2.08. The van der Waals surface area contributed by atoms with E-state index in [4.69, 9.17) is 16.3 Å². The Labute approximate surface area is 155 Å². The maximum absolute atomic E-state index is 11.9. The van der Waals surface area contributed by atoms with Crippen molar-refractivity contribution in [2.24, 2.45) is 5.10 Å². The van der Waals surface area contributed by atoms with Crippen LogP contribution in [0.25, 0.3) is 0 Å². The number of carbonyl (C=O) groups excluding carboxylic acids is 2. The summed E-state index contributed by atoms with van der Waals surface area (Å²) in [5.41, 5.74) is 3.99. The predicted molar refractivity (Wildman–Crippen MR) is 99.8 cm³/mol. The Hall–Kier alpha value is -3.06. The summed E-state index contributed by atoms with van der Waals surface area (Å²) in [4.78, 5) is 23.7. The molecular formula is C18H18ClN3O4. The first kappa shape index (κ1) is 19.3. The second-order valence-electron chi connectivity index (χ2n) is 5.25. The highest BCUT2D eigenvalue weighted by atomic mass is 35.5. The Morgan fingerprint density at radius 3 is 2.69 bits per heavy atom. The van der Waals surface area contributed by atoms with Crippen molar-refractivity contribution >= 4 is 35.3 Å². The average Bonchev–Trinajstić information content (AvgIpc) is 2.61. The molecule has 2 amide bonds. The van der Waals surface area contributed by atoms with Crippen molar-refractivity contribution in [3.8, 4) is 11.5 Å². The number of phenols is 1. The number of rotatable bonds is 5. The van der Waals surface area contributed by atoms with Crippen LogP contribution in [-0.2, 0) is 9.59 Å². The standard InChI is InChI=1S/C18H18ClN3O4/c1-3-26-15-9-12(8-13(19)16(15)23)10-20-22-18(25)17(24)21-14-7-5-4-6-11(14)2/h4-10,23H,3H2,1-2H3,(H,21,24)(H,22,25)/b20-10-. The van der Waals surface area contributed by atoms with E-state index in [0.29, 0.717) is 17.9 Å². The molecule has 3 N–H and O–H groups in total. The lowest BCUT2D eigenvalue weighted by atomic mass is 10.2. The molecule has 0 spiro atoms. The highest BCUT2D eigenvalue weighted by Crippen LogP contribution is 2.34.